The molecule has 1 aromatic rings. The van der Waals surface area contributed by atoms with Gasteiger partial charge >= 0.3 is 0 Å². The molecular formula is C18H26N2O3S. The highest BCUT2D eigenvalue weighted by Crippen LogP contribution is 2.32. The number of nitrogens with one attached hydrogen (secondary N) is 2. The second kappa shape index (κ2) is 9.08. The zero-order valence-corrected chi connectivity index (χ0v) is 14.8. The predicted octanol–water partition coefficient (Wildman–Crippen LogP) is 3.12. The molecule has 132 valence electrons. The molecule has 1 aromatic carbocycles. The maximum atomic E-state index is 5.91. The summed E-state index contributed by atoms with van der Waals surface area (Å²) in [5.74, 6) is 1.60. The Balaban J connectivity index is 1.26. The molecule has 1 aliphatic heterocycles. The van der Waals surface area contributed by atoms with Gasteiger partial charge in [-0.05, 0) is 49.2 Å². The molecule has 2 N–H and O–H groups in total. The summed E-state index contributed by atoms with van der Waals surface area (Å²) < 4.78 is 16.6. The first kappa shape index (κ1) is 17.3. The number of fused-ring (bicyclic) bond motifs is 1. The molecule has 2 aliphatic rings. The number of hydrogen-bond donors (Lipinski definition) is 2. The lowest BCUT2D eigenvalue weighted by molar-refractivity contribution is 0.0277. The highest BCUT2D eigenvalue weighted by atomic mass is 32.1. The van der Waals surface area contributed by atoms with Gasteiger partial charge in [-0.3, -0.25) is 0 Å². The first-order valence-electron chi connectivity index (χ1n) is 8.83. The van der Waals surface area contributed by atoms with Crippen molar-refractivity contribution in [1.82, 2.24) is 10.6 Å². The Morgan fingerprint density at radius 1 is 1.12 bits per heavy atom. The number of benzene rings is 1. The zero-order chi connectivity index (χ0) is 16.6. The van der Waals surface area contributed by atoms with Gasteiger partial charge in [0.05, 0.1) is 6.10 Å². The van der Waals surface area contributed by atoms with Crippen LogP contribution < -0.4 is 20.1 Å². The van der Waals surface area contributed by atoms with Crippen LogP contribution >= 0.6 is 12.2 Å². The minimum atomic E-state index is 0.301. The Morgan fingerprint density at radius 2 is 1.96 bits per heavy atom. The van der Waals surface area contributed by atoms with Crippen LogP contribution in [0.3, 0.4) is 0 Å². The zero-order valence-electron chi connectivity index (χ0n) is 14.0. The van der Waals surface area contributed by atoms with E-state index in [0.29, 0.717) is 24.6 Å². The molecule has 0 atom stereocenters. The lowest BCUT2D eigenvalue weighted by Crippen LogP contribution is -2.35. The topological polar surface area (TPSA) is 51.8 Å². The number of thiocarbonyl (C=S) groups is 1. The molecule has 6 heteroatoms. The van der Waals surface area contributed by atoms with E-state index < -0.39 is 0 Å². The fraction of sp³-hybridized carbons (Fsp3) is 0.611. The summed E-state index contributed by atoms with van der Waals surface area (Å²) >= 11 is 5.31. The monoisotopic (exact) mass is 350 g/mol. The highest BCUT2D eigenvalue weighted by molar-refractivity contribution is 7.80. The predicted molar refractivity (Wildman–Crippen MR) is 97.4 cm³/mol. The molecular weight excluding hydrogens is 324 g/mol. The largest absolute Gasteiger partial charge is 0.454 e. The van der Waals surface area contributed by atoms with E-state index in [1.54, 1.807) is 0 Å². The maximum absolute atomic E-state index is 5.91. The summed E-state index contributed by atoms with van der Waals surface area (Å²) in [4.78, 5) is 0. The van der Waals surface area contributed by atoms with Gasteiger partial charge in [-0.1, -0.05) is 25.3 Å². The molecule has 1 fully saturated rings. The van der Waals surface area contributed by atoms with Crippen molar-refractivity contribution in [1.29, 1.82) is 0 Å². The van der Waals surface area contributed by atoms with Gasteiger partial charge in [-0.2, -0.15) is 0 Å². The van der Waals surface area contributed by atoms with Crippen molar-refractivity contribution in [2.24, 2.45) is 0 Å². The fourth-order valence-corrected chi connectivity index (χ4v) is 3.23. The Hall–Kier alpha value is -1.53. The Kier molecular flexibility index (Phi) is 6.55. The van der Waals surface area contributed by atoms with Gasteiger partial charge in [0.25, 0.3) is 0 Å². The second-order valence-corrected chi connectivity index (χ2v) is 6.69. The van der Waals surface area contributed by atoms with Crippen LogP contribution in [0.1, 0.15) is 44.1 Å². The number of rotatable bonds is 7. The standard InChI is InChI=1S/C18H26N2O3S/c24-18(19-9-4-10-21-15-5-2-1-3-6-15)20-12-14-7-8-16-17(11-14)23-13-22-16/h7-8,11,15H,1-6,9-10,12-13H2,(H2,19,20,24). The van der Waals surface area contributed by atoms with Gasteiger partial charge in [0.1, 0.15) is 0 Å². The Labute approximate surface area is 149 Å². The van der Waals surface area contributed by atoms with E-state index in [-0.39, 0.29) is 0 Å². The quantitative estimate of drug-likeness (QED) is 0.582. The average molecular weight is 350 g/mol. The van der Waals surface area contributed by atoms with Gasteiger partial charge in [0.2, 0.25) is 6.79 Å². The third-order valence-corrected chi connectivity index (χ3v) is 4.69. The molecule has 5 nitrogen and oxygen atoms in total. The molecule has 3 rings (SSSR count). The van der Waals surface area contributed by atoms with Crippen LogP contribution in [0, 0.1) is 0 Å². The van der Waals surface area contributed by atoms with Crippen molar-refractivity contribution >= 4 is 17.3 Å². The molecule has 1 saturated carbocycles. The van der Waals surface area contributed by atoms with Gasteiger partial charge < -0.3 is 24.8 Å². The summed E-state index contributed by atoms with van der Waals surface area (Å²) in [6.45, 7) is 2.61. The number of hydrogen-bond acceptors (Lipinski definition) is 4. The van der Waals surface area contributed by atoms with Crippen LogP contribution in [0.2, 0.25) is 0 Å². The van der Waals surface area contributed by atoms with E-state index in [1.807, 2.05) is 18.2 Å². The lowest BCUT2D eigenvalue weighted by atomic mass is 9.98. The molecule has 0 spiro atoms. The molecule has 24 heavy (non-hydrogen) atoms. The SMILES string of the molecule is S=C(NCCCOC1CCCCC1)NCc1ccc2c(c1)OCO2. The minimum Gasteiger partial charge on any atom is -0.454 e. The van der Waals surface area contributed by atoms with Crippen molar-refractivity contribution in [3.63, 3.8) is 0 Å². The first-order chi connectivity index (χ1) is 11.8. The van der Waals surface area contributed by atoms with Gasteiger partial charge in [-0.15, -0.1) is 0 Å². The van der Waals surface area contributed by atoms with E-state index >= 15 is 0 Å². The normalized spacial score (nSPS) is 16.8. The smallest absolute Gasteiger partial charge is 0.231 e. The fourth-order valence-electron chi connectivity index (χ4n) is 3.05. The first-order valence-corrected chi connectivity index (χ1v) is 9.24. The van der Waals surface area contributed by atoms with Crippen molar-refractivity contribution in [2.45, 2.75) is 51.2 Å². The van der Waals surface area contributed by atoms with Gasteiger partial charge in [-0.25, -0.2) is 0 Å². The summed E-state index contributed by atoms with van der Waals surface area (Å²) in [5.41, 5.74) is 1.11. The van der Waals surface area contributed by atoms with E-state index in [9.17, 15) is 0 Å². The summed E-state index contributed by atoms with van der Waals surface area (Å²) in [6.07, 6.45) is 7.90. The summed E-state index contributed by atoms with van der Waals surface area (Å²) in [6, 6.07) is 5.93. The van der Waals surface area contributed by atoms with Crippen molar-refractivity contribution in [3.8, 4) is 11.5 Å². The second-order valence-electron chi connectivity index (χ2n) is 6.28. The van der Waals surface area contributed by atoms with Crippen molar-refractivity contribution in [3.05, 3.63) is 23.8 Å². The molecule has 1 aliphatic carbocycles. The van der Waals surface area contributed by atoms with Crippen LogP contribution in [0.5, 0.6) is 11.5 Å². The van der Waals surface area contributed by atoms with Crippen LogP contribution in [-0.4, -0.2) is 31.2 Å². The highest BCUT2D eigenvalue weighted by Gasteiger charge is 2.14. The average Bonchev–Trinajstić information content (AvgIpc) is 3.08. The Bertz CT molecular complexity index is 547. The molecule has 0 amide bonds. The molecule has 0 unspecified atom stereocenters. The van der Waals surface area contributed by atoms with E-state index in [2.05, 4.69) is 10.6 Å². The van der Waals surface area contributed by atoms with Crippen molar-refractivity contribution < 1.29 is 14.2 Å². The van der Waals surface area contributed by atoms with E-state index in [1.165, 1.54) is 32.1 Å². The molecule has 0 bridgehead atoms. The van der Waals surface area contributed by atoms with Gasteiger partial charge in [0, 0.05) is 19.7 Å². The minimum absolute atomic E-state index is 0.301. The van der Waals surface area contributed by atoms with E-state index in [0.717, 1.165) is 36.6 Å². The van der Waals surface area contributed by atoms with Crippen molar-refractivity contribution in [2.75, 3.05) is 19.9 Å². The van der Waals surface area contributed by atoms with Gasteiger partial charge in [0.15, 0.2) is 16.6 Å². The third-order valence-electron chi connectivity index (χ3n) is 4.40. The van der Waals surface area contributed by atoms with Crippen LogP contribution in [-0.2, 0) is 11.3 Å². The third kappa shape index (κ3) is 5.24. The van der Waals surface area contributed by atoms with Crippen LogP contribution in [0.25, 0.3) is 0 Å². The van der Waals surface area contributed by atoms with E-state index in [4.69, 9.17) is 26.4 Å². The Morgan fingerprint density at radius 3 is 2.83 bits per heavy atom. The number of ether oxygens (including phenoxy) is 3. The lowest BCUT2D eigenvalue weighted by Gasteiger charge is -2.22. The summed E-state index contributed by atoms with van der Waals surface area (Å²) in [7, 11) is 0. The van der Waals surface area contributed by atoms with Crippen LogP contribution in [0.15, 0.2) is 18.2 Å². The molecule has 1 heterocycles. The molecule has 0 aromatic heterocycles. The maximum Gasteiger partial charge on any atom is 0.231 e. The summed E-state index contributed by atoms with van der Waals surface area (Å²) in [5, 5.41) is 7.11. The molecule has 0 saturated heterocycles. The van der Waals surface area contributed by atoms with Crippen LogP contribution in [0.4, 0.5) is 0 Å². The molecule has 0 radical (unpaired) electrons.